The van der Waals surface area contributed by atoms with E-state index >= 15 is 0 Å². The van der Waals surface area contributed by atoms with Crippen molar-refractivity contribution < 1.29 is 14.3 Å². The average molecular weight is 555 g/mol. The molecule has 7 heteroatoms. The van der Waals surface area contributed by atoms with E-state index in [-0.39, 0.29) is 17.9 Å². The number of hydrogen-bond acceptors (Lipinski definition) is 4. The molecule has 2 aromatic rings. The maximum absolute atomic E-state index is 13.3. The van der Waals surface area contributed by atoms with E-state index in [2.05, 4.69) is 46.6 Å². The molecule has 2 aliphatic heterocycles. The fraction of sp³-hybridized carbons (Fsp3) is 0.423. The summed E-state index contributed by atoms with van der Waals surface area (Å²) in [5.41, 5.74) is 4.39. The Balaban J connectivity index is 1.58. The molecule has 33 heavy (non-hydrogen) atoms. The van der Waals surface area contributed by atoms with Gasteiger partial charge in [0.1, 0.15) is 11.5 Å². The second-order valence-corrected chi connectivity index (χ2v) is 10.0. The topological polar surface area (TPSA) is 62.7 Å². The van der Waals surface area contributed by atoms with E-state index in [1.54, 1.807) is 4.90 Å². The van der Waals surface area contributed by atoms with Crippen LogP contribution in [0.2, 0.25) is 0 Å². The lowest BCUT2D eigenvalue weighted by atomic mass is 10.0. The highest BCUT2D eigenvalue weighted by molar-refractivity contribution is 14.1. The van der Waals surface area contributed by atoms with Crippen LogP contribution < -0.4 is 4.90 Å². The lowest BCUT2D eigenvalue weighted by molar-refractivity contribution is -0.112. The fourth-order valence-electron chi connectivity index (χ4n) is 4.52. The maximum atomic E-state index is 13.3. The van der Waals surface area contributed by atoms with E-state index in [1.165, 1.54) is 3.57 Å². The Bertz CT molecular complexity index is 1190. The molecule has 0 spiro atoms. The first-order chi connectivity index (χ1) is 16.0. The molecule has 1 aromatic heterocycles. The van der Waals surface area contributed by atoms with Crippen molar-refractivity contribution in [2.24, 2.45) is 0 Å². The van der Waals surface area contributed by atoms with Gasteiger partial charge in [0.05, 0.1) is 18.3 Å². The quantitative estimate of drug-likeness (QED) is 0.406. The highest BCUT2D eigenvalue weighted by atomic mass is 127. The van der Waals surface area contributed by atoms with Crippen molar-refractivity contribution in [3.05, 3.63) is 50.2 Å². The lowest BCUT2D eigenvalue weighted by Crippen LogP contribution is -2.36. The Kier molecular flexibility index (Phi) is 6.14. The van der Waals surface area contributed by atoms with E-state index < -0.39 is 0 Å². The molecule has 1 aromatic carbocycles. The van der Waals surface area contributed by atoms with Crippen LogP contribution in [0.3, 0.4) is 0 Å². The summed E-state index contributed by atoms with van der Waals surface area (Å²) in [6, 6.07) is 8.09. The third-order valence-electron chi connectivity index (χ3n) is 6.48. The van der Waals surface area contributed by atoms with Gasteiger partial charge in [-0.15, -0.1) is 0 Å². The van der Waals surface area contributed by atoms with Gasteiger partial charge in [-0.05, 0) is 89.9 Å². The Hall–Kier alpha value is -2.44. The number of amides is 2. The Morgan fingerprint density at radius 1 is 1.30 bits per heavy atom. The molecule has 1 aliphatic carbocycles. The second-order valence-electron chi connectivity index (χ2n) is 8.86. The number of hydrogen-bond donors (Lipinski definition) is 0. The summed E-state index contributed by atoms with van der Waals surface area (Å²) in [6.07, 6.45) is 3.67. The fourth-order valence-corrected chi connectivity index (χ4v) is 5.01. The molecule has 1 atom stereocenters. The van der Waals surface area contributed by atoms with Crippen LogP contribution in [-0.4, -0.2) is 41.0 Å². The Morgan fingerprint density at radius 3 is 2.82 bits per heavy atom. The second kappa shape index (κ2) is 9.07. The maximum Gasteiger partial charge on any atom is 0.308 e. The smallest absolute Gasteiger partial charge is 0.308 e. The van der Waals surface area contributed by atoms with Gasteiger partial charge in [0, 0.05) is 28.7 Å². The third kappa shape index (κ3) is 4.26. The molecule has 3 aliphatic rings. The molecule has 170 valence electrons. The summed E-state index contributed by atoms with van der Waals surface area (Å²) in [5.74, 6) is 6.15. The number of anilines is 2. The van der Waals surface area contributed by atoms with Crippen LogP contribution in [0.4, 0.5) is 11.5 Å². The van der Waals surface area contributed by atoms with Gasteiger partial charge in [0.2, 0.25) is 0 Å². The Morgan fingerprint density at radius 2 is 2.12 bits per heavy atom. The third-order valence-corrected chi connectivity index (χ3v) is 7.65. The standard InChI is InChI=1S/C26H26IN3O3/c1-3-4-5-24(31)30(22-12-16(2)21(27)13-20(22)17-6-7-17)23-9-8-18-14-29(19-10-11-33-15-19)26(32)25(18)28-23/h8-9,12-13,17,19H,3,6-7,10-11,14-15H2,1-2H3/t19-/m1/s1. The average Bonchev–Trinajstić information content (AvgIpc) is 3.41. The molecule has 6 nitrogen and oxygen atoms in total. The van der Waals surface area contributed by atoms with Crippen molar-refractivity contribution >= 4 is 45.9 Å². The van der Waals surface area contributed by atoms with Gasteiger partial charge in [0.25, 0.3) is 5.91 Å². The van der Waals surface area contributed by atoms with Gasteiger partial charge >= 0.3 is 5.91 Å². The number of rotatable bonds is 4. The van der Waals surface area contributed by atoms with Crippen LogP contribution in [0.5, 0.6) is 0 Å². The number of nitrogens with zero attached hydrogens (tertiary/aromatic N) is 3. The van der Waals surface area contributed by atoms with E-state index in [1.807, 2.05) is 30.9 Å². The van der Waals surface area contributed by atoms with Crippen molar-refractivity contribution in [2.75, 3.05) is 18.1 Å². The van der Waals surface area contributed by atoms with Crippen molar-refractivity contribution in [1.82, 2.24) is 9.88 Å². The molecule has 2 amide bonds. The van der Waals surface area contributed by atoms with Gasteiger partial charge < -0.3 is 9.64 Å². The van der Waals surface area contributed by atoms with Crippen LogP contribution in [0.25, 0.3) is 0 Å². The molecule has 5 rings (SSSR count). The summed E-state index contributed by atoms with van der Waals surface area (Å²) < 4.78 is 6.66. The highest BCUT2D eigenvalue weighted by Gasteiger charge is 2.37. The minimum Gasteiger partial charge on any atom is -0.379 e. The zero-order chi connectivity index (χ0) is 23.1. The number of ether oxygens (including phenoxy) is 1. The van der Waals surface area contributed by atoms with Gasteiger partial charge in [0.15, 0.2) is 0 Å². The minimum atomic E-state index is -0.321. The minimum absolute atomic E-state index is 0.0867. The molecular formula is C26H26IN3O3. The predicted molar refractivity (Wildman–Crippen MR) is 134 cm³/mol. The van der Waals surface area contributed by atoms with E-state index in [9.17, 15) is 9.59 Å². The number of pyridine rings is 1. The summed E-state index contributed by atoms with van der Waals surface area (Å²) >= 11 is 2.35. The Labute approximate surface area is 207 Å². The van der Waals surface area contributed by atoms with Crippen molar-refractivity contribution in [1.29, 1.82) is 0 Å². The van der Waals surface area contributed by atoms with Gasteiger partial charge in [-0.2, -0.15) is 0 Å². The first-order valence-electron chi connectivity index (χ1n) is 11.5. The number of aromatic nitrogens is 1. The van der Waals surface area contributed by atoms with Crippen molar-refractivity contribution in [2.45, 2.75) is 58.0 Å². The monoisotopic (exact) mass is 555 g/mol. The molecule has 2 fully saturated rings. The van der Waals surface area contributed by atoms with Crippen LogP contribution in [0.15, 0.2) is 24.3 Å². The van der Waals surface area contributed by atoms with Gasteiger partial charge in [-0.3, -0.25) is 14.5 Å². The number of aryl methyl sites for hydroxylation is 1. The summed E-state index contributed by atoms with van der Waals surface area (Å²) in [7, 11) is 0. The first-order valence-corrected chi connectivity index (χ1v) is 12.6. The van der Waals surface area contributed by atoms with Crippen LogP contribution in [0, 0.1) is 22.3 Å². The molecule has 1 saturated carbocycles. The molecule has 0 N–H and O–H groups in total. The zero-order valence-corrected chi connectivity index (χ0v) is 21.0. The number of halogens is 1. The number of fused-ring (bicyclic) bond motifs is 1. The van der Waals surface area contributed by atoms with E-state index in [0.29, 0.717) is 43.6 Å². The molecule has 1 saturated heterocycles. The van der Waals surface area contributed by atoms with Crippen molar-refractivity contribution in [3.63, 3.8) is 0 Å². The van der Waals surface area contributed by atoms with Crippen LogP contribution in [0.1, 0.15) is 65.7 Å². The van der Waals surface area contributed by atoms with E-state index in [0.717, 1.165) is 41.6 Å². The highest BCUT2D eigenvalue weighted by Crippen LogP contribution is 2.46. The SMILES string of the molecule is CCC#CC(=O)N(c1ccc2c(n1)C(=O)N([C@@H]1CCOC1)C2)c1cc(C)c(I)cc1C1CC1. The van der Waals surface area contributed by atoms with Crippen LogP contribution in [-0.2, 0) is 16.1 Å². The van der Waals surface area contributed by atoms with Gasteiger partial charge in [-0.1, -0.05) is 18.9 Å². The largest absolute Gasteiger partial charge is 0.379 e. The van der Waals surface area contributed by atoms with E-state index in [4.69, 9.17) is 9.72 Å². The lowest BCUT2D eigenvalue weighted by Gasteiger charge is -2.24. The molecule has 0 radical (unpaired) electrons. The molecule has 0 unspecified atom stereocenters. The summed E-state index contributed by atoms with van der Waals surface area (Å²) in [6.45, 7) is 5.75. The van der Waals surface area contributed by atoms with Gasteiger partial charge in [-0.25, -0.2) is 4.98 Å². The summed E-state index contributed by atoms with van der Waals surface area (Å²) in [5, 5.41) is 0. The summed E-state index contributed by atoms with van der Waals surface area (Å²) in [4.78, 5) is 34.7. The number of benzene rings is 1. The number of carbonyl (C=O) groups excluding carboxylic acids is 2. The number of carbonyl (C=O) groups is 2. The van der Waals surface area contributed by atoms with Crippen molar-refractivity contribution in [3.8, 4) is 11.8 Å². The zero-order valence-electron chi connectivity index (χ0n) is 18.9. The normalized spacial score (nSPS) is 19.3. The first kappa shape index (κ1) is 22.4. The van der Waals surface area contributed by atoms with Crippen LogP contribution >= 0.6 is 22.6 Å². The molecular weight excluding hydrogens is 529 g/mol. The predicted octanol–water partition coefficient (Wildman–Crippen LogP) is 4.69. The molecule has 3 heterocycles. The molecule has 0 bridgehead atoms.